The highest BCUT2D eigenvalue weighted by Crippen LogP contribution is 2.45. The number of carbonyl (C=O) groups excluding carboxylic acids is 1. The highest BCUT2D eigenvalue weighted by molar-refractivity contribution is 7.16. The topological polar surface area (TPSA) is 56.5 Å². The first-order valence-electron chi connectivity index (χ1n) is 10.0. The molecule has 0 saturated carbocycles. The lowest BCUT2D eigenvalue weighted by Crippen LogP contribution is -2.30. The van der Waals surface area contributed by atoms with Gasteiger partial charge in [-0.2, -0.15) is 5.26 Å². The molecule has 1 aliphatic carbocycles. The van der Waals surface area contributed by atoms with Crippen LogP contribution >= 0.6 is 11.3 Å². The molecule has 0 radical (unpaired) electrons. The second-order valence-corrected chi connectivity index (χ2v) is 9.87. The molecule has 0 saturated heterocycles. The van der Waals surface area contributed by atoms with Crippen LogP contribution in [0.1, 0.15) is 48.8 Å². The SMILES string of the molecule is C=CCN1C(=O)C(=Nc2sc3c(c2C#N)CC[C@@H](C(C)(C)C)C3)c2ccccc21. The number of hydrogen-bond donors (Lipinski definition) is 0. The largest absolute Gasteiger partial charge is 0.303 e. The van der Waals surface area contributed by atoms with E-state index in [0.29, 0.717) is 28.7 Å². The number of fused-ring (bicyclic) bond motifs is 2. The molecule has 0 fully saturated rings. The fourth-order valence-electron chi connectivity index (χ4n) is 4.29. The summed E-state index contributed by atoms with van der Waals surface area (Å²) < 4.78 is 0. The van der Waals surface area contributed by atoms with Crippen LogP contribution < -0.4 is 4.90 Å². The van der Waals surface area contributed by atoms with Crippen LogP contribution in [0.3, 0.4) is 0 Å². The van der Waals surface area contributed by atoms with E-state index in [9.17, 15) is 10.1 Å². The Morgan fingerprint density at radius 2 is 2.14 bits per heavy atom. The Hall–Kier alpha value is -2.71. The first-order valence-corrected chi connectivity index (χ1v) is 10.8. The predicted molar refractivity (Wildman–Crippen MR) is 119 cm³/mol. The zero-order chi connectivity index (χ0) is 20.8. The molecule has 1 atom stereocenters. The summed E-state index contributed by atoms with van der Waals surface area (Å²) >= 11 is 1.58. The van der Waals surface area contributed by atoms with Crippen molar-refractivity contribution in [2.75, 3.05) is 11.4 Å². The van der Waals surface area contributed by atoms with E-state index in [1.54, 1.807) is 22.3 Å². The van der Waals surface area contributed by atoms with E-state index in [4.69, 9.17) is 4.99 Å². The van der Waals surface area contributed by atoms with Crippen molar-refractivity contribution in [2.24, 2.45) is 16.3 Å². The summed E-state index contributed by atoms with van der Waals surface area (Å²) in [6.07, 6.45) is 4.70. The van der Waals surface area contributed by atoms with E-state index in [-0.39, 0.29) is 11.3 Å². The number of nitriles is 1. The van der Waals surface area contributed by atoms with Gasteiger partial charge >= 0.3 is 0 Å². The van der Waals surface area contributed by atoms with Crippen molar-refractivity contribution in [3.05, 3.63) is 58.5 Å². The molecule has 2 aromatic rings. The average molecular weight is 404 g/mol. The fraction of sp³-hybridized carbons (Fsp3) is 0.375. The summed E-state index contributed by atoms with van der Waals surface area (Å²) in [7, 11) is 0. The minimum absolute atomic E-state index is 0.131. The van der Waals surface area contributed by atoms with Gasteiger partial charge in [0.25, 0.3) is 5.91 Å². The molecule has 1 amide bonds. The maximum atomic E-state index is 13.1. The van der Waals surface area contributed by atoms with E-state index in [1.165, 1.54) is 4.88 Å². The minimum Gasteiger partial charge on any atom is -0.303 e. The van der Waals surface area contributed by atoms with Crippen molar-refractivity contribution in [2.45, 2.75) is 40.0 Å². The number of hydrogen-bond acceptors (Lipinski definition) is 4. The van der Waals surface area contributed by atoms with Gasteiger partial charge in [0.15, 0.2) is 0 Å². The van der Waals surface area contributed by atoms with Gasteiger partial charge in [-0.05, 0) is 42.2 Å². The first-order chi connectivity index (χ1) is 13.8. The zero-order valence-corrected chi connectivity index (χ0v) is 18.0. The Bertz CT molecular complexity index is 1060. The molecule has 2 heterocycles. The molecule has 29 heavy (non-hydrogen) atoms. The molecule has 0 N–H and O–H groups in total. The number of thiophene rings is 1. The summed E-state index contributed by atoms with van der Waals surface area (Å²) in [5.41, 5.74) is 4.12. The Kier molecular flexibility index (Phi) is 4.92. The molecule has 0 spiro atoms. The van der Waals surface area contributed by atoms with Gasteiger partial charge in [-0.3, -0.25) is 4.79 Å². The third-order valence-electron chi connectivity index (χ3n) is 6.01. The van der Waals surface area contributed by atoms with Gasteiger partial charge in [-0.15, -0.1) is 17.9 Å². The molecular weight excluding hydrogens is 378 g/mol. The number of anilines is 1. The summed E-state index contributed by atoms with van der Waals surface area (Å²) in [6.45, 7) is 11.1. The lowest BCUT2D eigenvalue weighted by molar-refractivity contribution is -0.112. The molecule has 2 aliphatic rings. The molecule has 1 aliphatic heterocycles. The van der Waals surface area contributed by atoms with Crippen molar-refractivity contribution < 1.29 is 4.79 Å². The quantitative estimate of drug-likeness (QED) is 0.642. The number of nitrogens with zero attached hydrogens (tertiary/aromatic N) is 3. The normalized spacial score (nSPS) is 19.8. The zero-order valence-electron chi connectivity index (χ0n) is 17.2. The van der Waals surface area contributed by atoms with Crippen LogP contribution in [0.5, 0.6) is 0 Å². The molecular formula is C24H25N3OS. The van der Waals surface area contributed by atoms with Crippen LogP contribution in [-0.4, -0.2) is 18.2 Å². The number of para-hydroxylation sites is 1. The van der Waals surface area contributed by atoms with Gasteiger partial charge in [-0.25, -0.2) is 4.99 Å². The number of aliphatic imine (C=N–C) groups is 1. The van der Waals surface area contributed by atoms with Crippen molar-refractivity contribution in [3.8, 4) is 6.07 Å². The van der Waals surface area contributed by atoms with E-state index in [2.05, 4.69) is 33.4 Å². The van der Waals surface area contributed by atoms with Crippen LogP contribution in [0, 0.1) is 22.7 Å². The molecule has 1 aromatic heterocycles. The standard InChI is InChI=1S/C24H25N3OS/c1-5-12-27-19-9-7-6-8-17(19)21(23(27)28)26-22-18(14-25)16-11-10-15(24(2,3)4)13-20(16)29-22/h5-9,15H,1,10-13H2,2-4H3/t15-/m1/s1. The van der Waals surface area contributed by atoms with Crippen molar-refractivity contribution in [1.82, 2.24) is 0 Å². The van der Waals surface area contributed by atoms with E-state index in [0.717, 1.165) is 36.1 Å². The molecule has 0 bridgehead atoms. The van der Waals surface area contributed by atoms with E-state index in [1.807, 2.05) is 24.3 Å². The van der Waals surface area contributed by atoms with Gasteiger partial charge in [-0.1, -0.05) is 45.0 Å². The highest BCUT2D eigenvalue weighted by Gasteiger charge is 2.35. The van der Waals surface area contributed by atoms with Crippen molar-refractivity contribution in [3.63, 3.8) is 0 Å². The van der Waals surface area contributed by atoms with Gasteiger partial charge < -0.3 is 4.90 Å². The van der Waals surface area contributed by atoms with Crippen LogP contribution in [0.2, 0.25) is 0 Å². The van der Waals surface area contributed by atoms with Gasteiger partial charge in [0.1, 0.15) is 16.8 Å². The number of carbonyl (C=O) groups is 1. The van der Waals surface area contributed by atoms with Crippen molar-refractivity contribution in [1.29, 1.82) is 5.26 Å². The number of rotatable bonds is 3. The van der Waals surface area contributed by atoms with Crippen LogP contribution in [-0.2, 0) is 17.6 Å². The lowest BCUT2D eigenvalue weighted by Gasteiger charge is -2.33. The average Bonchev–Trinajstić information content (AvgIpc) is 3.17. The third-order valence-corrected chi connectivity index (χ3v) is 7.15. The van der Waals surface area contributed by atoms with Gasteiger partial charge in [0.05, 0.1) is 11.3 Å². The minimum atomic E-state index is -0.131. The number of amides is 1. The van der Waals surface area contributed by atoms with Gasteiger partial charge in [0, 0.05) is 17.0 Å². The molecule has 1 aromatic carbocycles. The fourth-order valence-corrected chi connectivity index (χ4v) is 5.54. The van der Waals surface area contributed by atoms with Crippen LogP contribution in [0.25, 0.3) is 0 Å². The Balaban J connectivity index is 1.78. The summed E-state index contributed by atoms with van der Waals surface area (Å²) in [5.74, 6) is 0.464. The summed E-state index contributed by atoms with van der Waals surface area (Å²) in [5, 5.41) is 10.5. The molecule has 5 heteroatoms. The monoisotopic (exact) mass is 403 g/mol. The van der Waals surface area contributed by atoms with E-state index < -0.39 is 0 Å². The highest BCUT2D eigenvalue weighted by atomic mass is 32.1. The molecule has 148 valence electrons. The van der Waals surface area contributed by atoms with Crippen LogP contribution in [0.4, 0.5) is 10.7 Å². The Morgan fingerprint density at radius 1 is 1.38 bits per heavy atom. The van der Waals surface area contributed by atoms with Crippen LogP contribution in [0.15, 0.2) is 41.9 Å². The number of benzene rings is 1. The Morgan fingerprint density at radius 3 is 2.83 bits per heavy atom. The molecule has 0 unspecified atom stereocenters. The first kappa shape index (κ1) is 19.6. The maximum Gasteiger partial charge on any atom is 0.277 e. The summed E-state index contributed by atoms with van der Waals surface area (Å²) in [6, 6.07) is 10.1. The molecule has 4 nitrogen and oxygen atoms in total. The second-order valence-electron chi connectivity index (χ2n) is 8.78. The predicted octanol–water partition coefficient (Wildman–Crippen LogP) is 5.42. The Labute approximate surface area is 176 Å². The smallest absolute Gasteiger partial charge is 0.277 e. The van der Waals surface area contributed by atoms with Crippen molar-refractivity contribution >= 4 is 33.6 Å². The summed E-state index contributed by atoms with van der Waals surface area (Å²) in [4.78, 5) is 20.8. The molecule has 4 rings (SSSR count). The maximum absolute atomic E-state index is 13.1. The van der Waals surface area contributed by atoms with E-state index >= 15 is 0 Å². The van der Waals surface area contributed by atoms with Gasteiger partial charge in [0.2, 0.25) is 0 Å². The second kappa shape index (κ2) is 7.27. The lowest BCUT2D eigenvalue weighted by atomic mass is 9.72. The third kappa shape index (κ3) is 3.32.